The number of furan rings is 1. The molecule has 0 aliphatic carbocycles. The maximum atomic E-state index is 13.0. The van der Waals surface area contributed by atoms with E-state index in [9.17, 15) is 14.4 Å². The second-order valence-electron chi connectivity index (χ2n) is 10.5. The number of nitrogens with one attached hydrogen (secondary N) is 1. The van der Waals surface area contributed by atoms with E-state index in [0.29, 0.717) is 32.6 Å². The van der Waals surface area contributed by atoms with Gasteiger partial charge < -0.3 is 28.5 Å². The van der Waals surface area contributed by atoms with Crippen molar-refractivity contribution in [1.82, 2.24) is 10.1 Å². The van der Waals surface area contributed by atoms with Gasteiger partial charge in [-0.3, -0.25) is 4.98 Å². The van der Waals surface area contributed by atoms with Crippen LogP contribution in [-0.2, 0) is 14.2 Å². The van der Waals surface area contributed by atoms with E-state index in [2.05, 4.69) is 15.5 Å². The Bertz CT molecular complexity index is 1510. The number of hydrogen-bond acceptors (Lipinski definition) is 11. The predicted molar refractivity (Wildman–Crippen MR) is 142 cm³/mol. The Balaban J connectivity index is 1.72. The number of pyridine rings is 1. The number of carbonyl (C=O) groups excluding carboxylic acids is 3. The lowest BCUT2D eigenvalue weighted by molar-refractivity contribution is 0.0425. The average Bonchev–Trinajstić information content (AvgIpc) is 3.39. The highest BCUT2D eigenvalue weighted by Gasteiger charge is 2.36. The summed E-state index contributed by atoms with van der Waals surface area (Å²) in [6.45, 7) is 11.9. The average molecular weight is 539 g/mol. The first kappa shape index (κ1) is 27.4. The van der Waals surface area contributed by atoms with Crippen LogP contribution in [0.3, 0.4) is 0 Å². The van der Waals surface area contributed by atoms with E-state index in [0.717, 1.165) is 0 Å². The van der Waals surface area contributed by atoms with Crippen LogP contribution >= 0.6 is 0 Å². The Labute approximate surface area is 224 Å². The van der Waals surface area contributed by atoms with Gasteiger partial charge >= 0.3 is 18.2 Å². The minimum atomic E-state index is -0.966. The van der Waals surface area contributed by atoms with Crippen LogP contribution in [0.1, 0.15) is 59.0 Å². The summed E-state index contributed by atoms with van der Waals surface area (Å²) in [5.74, 6) is -0.740. The zero-order valence-corrected chi connectivity index (χ0v) is 22.8. The summed E-state index contributed by atoms with van der Waals surface area (Å²) in [6.07, 6.45) is 1.14. The summed E-state index contributed by atoms with van der Waals surface area (Å²) >= 11 is 0. The number of fused-ring (bicyclic) bond motifs is 2. The molecule has 0 atom stereocenters. The Morgan fingerprint density at radius 2 is 1.62 bits per heavy atom. The first-order chi connectivity index (χ1) is 18.3. The van der Waals surface area contributed by atoms with Crippen molar-refractivity contribution in [2.45, 2.75) is 59.7 Å². The molecule has 1 N–H and O–H groups in total. The van der Waals surface area contributed by atoms with Crippen molar-refractivity contribution in [2.75, 3.05) is 16.8 Å². The van der Waals surface area contributed by atoms with E-state index < -0.39 is 29.4 Å². The van der Waals surface area contributed by atoms with Gasteiger partial charge in [-0.15, -0.1) is 0 Å². The molecule has 0 saturated carbocycles. The topological polar surface area (TPSA) is 146 Å². The van der Waals surface area contributed by atoms with Crippen molar-refractivity contribution in [3.63, 3.8) is 0 Å². The fourth-order valence-electron chi connectivity index (χ4n) is 3.59. The molecule has 0 fully saturated rings. The molecule has 0 aliphatic heterocycles. The number of rotatable bonds is 5. The number of imide groups is 1. The third kappa shape index (κ3) is 6.11. The molecule has 12 heteroatoms. The fraction of sp³-hybridized carbons (Fsp3) is 0.370. The molecule has 0 saturated heterocycles. The van der Waals surface area contributed by atoms with Crippen LogP contribution in [0.5, 0.6) is 0 Å². The van der Waals surface area contributed by atoms with Gasteiger partial charge in [0, 0.05) is 23.3 Å². The maximum Gasteiger partial charge on any atom is 0.425 e. The van der Waals surface area contributed by atoms with Crippen LogP contribution in [0.4, 0.5) is 26.8 Å². The molecule has 0 spiro atoms. The van der Waals surface area contributed by atoms with Crippen molar-refractivity contribution < 1.29 is 37.5 Å². The fourth-order valence-corrected chi connectivity index (χ4v) is 3.59. The number of nitrogens with zero attached hydrogens (tertiary/aromatic N) is 3. The lowest BCUT2D eigenvalue weighted by atomic mass is 10.2. The minimum absolute atomic E-state index is 0.0146. The van der Waals surface area contributed by atoms with Gasteiger partial charge in [0.05, 0.1) is 18.2 Å². The molecule has 3 aromatic heterocycles. The molecule has 12 nitrogen and oxygen atoms in total. The van der Waals surface area contributed by atoms with Crippen molar-refractivity contribution in [3.05, 3.63) is 42.4 Å². The van der Waals surface area contributed by atoms with E-state index >= 15 is 0 Å². The van der Waals surface area contributed by atoms with Crippen molar-refractivity contribution >= 4 is 57.3 Å². The predicted octanol–water partition coefficient (Wildman–Crippen LogP) is 6.57. The molecule has 0 unspecified atom stereocenters. The standard InChI is InChI=1S/C27H30N4O8/c1-8-35-23(32)21-20(16-11-12-28-14-19(16)36-21)29-15-9-10-17-18(13-15)39-30-22(17)31(24(33)37-26(2,3)4)25(34)38-27(5,6)7/h9-14,29H,8H2,1-7H3. The van der Waals surface area contributed by atoms with Gasteiger partial charge in [0.2, 0.25) is 5.76 Å². The molecule has 3 heterocycles. The van der Waals surface area contributed by atoms with Crippen LogP contribution in [0.15, 0.2) is 45.6 Å². The van der Waals surface area contributed by atoms with Gasteiger partial charge in [0.1, 0.15) is 16.9 Å². The molecule has 206 valence electrons. The molecule has 2 amide bonds. The molecule has 0 aliphatic rings. The maximum absolute atomic E-state index is 13.0. The molecular weight excluding hydrogens is 508 g/mol. The van der Waals surface area contributed by atoms with Crippen molar-refractivity contribution in [1.29, 1.82) is 0 Å². The van der Waals surface area contributed by atoms with E-state index in [1.54, 1.807) is 78.9 Å². The first-order valence-electron chi connectivity index (χ1n) is 12.2. The molecule has 4 rings (SSSR count). The van der Waals surface area contributed by atoms with E-state index in [1.807, 2.05) is 0 Å². The molecular formula is C27H30N4O8. The highest BCUT2D eigenvalue weighted by atomic mass is 16.6. The molecule has 0 radical (unpaired) electrons. The number of benzene rings is 1. The van der Waals surface area contributed by atoms with Gasteiger partial charge in [-0.25, -0.2) is 14.4 Å². The van der Waals surface area contributed by atoms with Gasteiger partial charge in [0.15, 0.2) is 17.0 Å². The normalized spacial score (nSPS) is 11.9. The molecule has 1 aromatic carbocycles. The largest absolute Gasteiger partial charge is 0.460 e. The zero-order chi connectivity index (χ0) is 28.5. The van der Waals surface area contributed by atoms with Crippen LogP contribution in [0, 0.1) is 0 Å². The van der Waals surface area contributed by atoms with E-state index in [4.69, 9.17) is 23.2 Å². The van der Waals surface area contributed by atoms with Gasteiger partial charge in [0.25, 0.3) is 0 Å². The van der Waals surface area contributed by atoms with E-state index in [-0.39, 0.29) is 23.8 Å². The van der Waals surface area contributed by atoms with Gasteiger partial charge in [-0.05, 0) is 66.7 Å². The van der Waals surface area contributed by atoms with E-state index in [1.165, 1.54) is 6.20 Å². The Kier molecular flexibility index (Phi) is 7.23. The Morgan fingerprint density at radius 3 is 2.23 bits per heavy atom. The van der Waals surface area contributed by atoms with Crippen LogP contribution in [-0.4, -0.2) is 46.1 Å². The number of carbonyl (C=O) groups is 3. The highest BCUT2D eigenvalue weighted by Crippen LogP contribution is 2.36. The quantitative estimate of drug-likeness (QED) is 0.217. The summed E-state index contributed by atoms with van der Waals surface area (Å²) in [6, 6.07) is 6.58. The summed E-state index contributed by atoms with van der Waals surface area (Å²) in [5.41, 5.74) is -0.220. The first-order valence-corrected chi connectivity index (χ1v) is 12.2. The Hall–Kier alpha value is -4.61. The number of amides is 2. The third-order valence-electron chi connectivity index (χ3n) is 5.04. The van der Waals surface area contributed by atoms with Gasteiger partial charge in [-0.2, -0.15) is 4.90 Å². The molecule has 39 heavy (non-hydrogen) atoms. The number of hydrogen-bond donors (Lipinski definition) is 1. The minimum Gasteiger partial charge on any atom is -0.460 e. The number of anilines is 3. The van der Waals surface area contributed by atoms with Crippen molar-refractivity contribution in [3.8, 4) is 0 Å². The number of ether oxygens (including phenoxy) is 3. The monoisotopic (exact) mass is 538 g/mol. The van der Waals surface area contributed by atoms with Gasteiger partial charge in [-0.1, -0.05) is 5.16 Å². The third-order valence-corrected chi connectivity index (χ3v) is 5.04. The summed E-state index contributed by atoms with van der Waals surface area (Å²) in [5, 5.41) is 8.11. The highest BCUT2D eigenvalue weighted by molar-refractivity contribution is 6.13. The number of esters is 1. The van der Waals surface area contributed by atoms with Crippen LogP contribution < -0.4 is 10.2 Å². The lowest BCUT2D eigenvalue weighted by Crippen LogP contribution is -2.44. The Morgan fingerprint density at radius 1 is 0.949 bits per heavy atom. The zero-order valence-electron chi connectivity index (χ0n) is 22.8. The summed E-state index contributed by atoms with van der Waals surface area (Å²) in [4.78, 5) is 43.3. The molecule has 4 aromatic rings. The summed E-state index contributed by atoms with van der Waals surface area (Å²) in [7, 11) is 0. The number of aromatic nitrogens is 2. The lowest BCUT2D eigenvalue weighted by Gasteiger charge is -2.27. The second-order valence-corrected chi connectivity index (χ2v) is 10.5. The second kappa shape index (κ2) is 10.3. The van der Waals surface area contributed by atoms with Crippen molar-refractivity contribution in [2.24, 2.45) is 0 Å². The molecule has 0 bridgehead atoms. The summed E-state index contributed by atoms with van der Waals surface area (Å²) < 4.78 is 27.2. The van der Waals surface area contributed by atoms with Crippen LogP contribution in [0.2, 0.25) is 0 Å². The van der Waals surface area contributed by atoms with Crippen LogP contribution in [0.25, 0.3) is 21.9 Å². The smallest absolute Gasteiger partial charge is 0.425 e. The SMILES string of the molecule is CCOC(=O)c1oc2cnccc2c1Nc1ccc2c(N(C(=O)OC(C)(C)C)C(=O)OC(C)(C)C)noc2c1.